The molecule has 14 heteroatoms. The van der Waals surface area contributed by atoms with Crippen LogP contribution in [0.2, 0.25) is 0 Å². The van der Waals surface area contributed by atoms with Gasteiger partial charge in [0.1, 0.15) is 5.92 Å². The van der Waals surface area contributed by atoms with Gasteiger partial charge in [0.25, 0.3) is 0 Å². The van der Waals surface area contributed by atoms with Gasteiger partial charge in [0, 0.05) is 33.1 Å². The third-order valence-electron chi connectivity index (χ3n) is 6.48. The van der Waals surface area contributed by atoms with Crippen LogP contribution < -0.4 is 56.5 Å². The summed E-state index contributed by atoms with van der Waals surface area (Å²) in [6, 6.07) is 18.1. The van der Waals surface area contributed by atoms with Crippen LogP contribution in [0.15, 0.2) is 60.7 Å². The number of alkyl halides is 4. The Hall–Kier alpha value is -2.04. The van der Waals surface area contributed by atoms with Crippen molar-refractivity contribution in [3.05, 3.63) is 71.8 Å². The molecule has 3 rings (SSSR count). The minimum absolute atomic E-state index is 0. The van der Waals surface area contributed by atoms with Crippen molar-refractivity contribution in [2.24, 2.45) is 5.92 Å². The molecular weight excluding hydrogens is 675 g/mol. The van der Waals surface area contributed by atoms with Gasteiger partial charge in [-0.05, 0) is 25.0 Å². The molecule has 0 N–H and O–H groups in total. The van der Waals surface area contributed by atoms with E-state index >= 15 is 0 Å². The minimum Gasteiger partial charge on any atom is -0.850 e. The number of hydrogen-bond donors (Lipinski definition) is 0. The van der Waals surface area contributed by atoms with Gasteiger partial charge in [-0.2, -0.15) is 17.6 Å². The number of benzene rings is 2. The zero-order chi connectivity index (χ0) is 36.5. The van der Waals surface area contributed by atoms with E-state index in [1.54, 1.807) is 34.6 Å². The summed E-state index contributed by atoms with van der Waals surface area (Å²) in [6.07, 6.45) is 0.00859. The van der Waals surface area contributed by atoms with Gasteiger partial charge in [-0.15, -0.1) is 5.60 Å². The average molecular weight is 723 g/mol. The maximum absolute atomic E-state index is 13.8. The molecule has 1 aliphatic rings. The molecule has 9 nitrogen and oxygen atoms in total. The minimum atomic E-state index is -3.52. The van der Waals surface area contributed by atoms with Crippen molar-refractivity contribution < 1.29 is 103 Å². The van der Waals surface area contributed by atoms with Crippen LogP contribution in [0, 0.1) is 5.92 Å². The molecule has 0 radical (unpaired) electrons. The summed E-state index contributed by atoms with van der Waals surface area (Å²) in [7, 11) is 0. The number of nitrogens with zero attached hydrogens (tertiary/aromatic N) is 2. The van der Waals surface area contributed by atoms with Gasteiger partial charge >= 0.3 is 75.2 Å². The summed E-state index contributed by atoms with van der Waals surface area (Å²) in [5.41, 5.74) is 0.941. The molecule has 1 saturated heterocycles. The van der Waals surface area contributed by atoms with Crippen LogP contribution in [0.25, 0.3) is 0 Å². The van der Waals surface area contributed by atoms with Crippen LogP contribution in [0.3, 0.4) is 0 Å². The average Bonchev–Trinajstić information content (AvgIpc) is 2.98. The third-order valence-corrected chi connectivity index (χ3v) is 6.48. The summed E-state index contributed by atoms with van der Waals surface area (Å²) in [5.74, 6) is -12.2. The van der Waals surface area contributed by atoms with Gasteiger partial charge in [0.15, 0.2) is 5.78 Å². The van der Waals surface area contributed by atoms with Crippen molar-refractivity contribution >= 4 is 23.5 Å². The summed E-state index contributed by atoms with van der Waals surface area (Å²) in [5, 5.41) is 10.1. The van der Waals surface area contributed by atoms with Crippen LogP contribution in [0.4, 0.5) is 17.6 Å². The maximum Gasteiger partial charge on any atom is 1.00 e. The largest absolute Gasteiger partial charge is 1.00 e. The Morgan fingerprint density at radius 1 is 0.939 bits per heavy atom. The first kappa shape index (κ1) is 47.0. The maximum atomic E-state index is 13.8. The number of rotatable bonds is 13. The number of hydrogen-bond acceptors (Lipinski definition) is 9. The second kappa shape index (κ2) is 22.7. The molecular formula is C35H47F4KN2O7. The van der Waals surface area contributed by atoms with E-state index in [-0.39, 0.29) is 97.2 Å². The number of likely N-dealkylation sites (tertiary alicyclic amines) is 1. The summed E-state index contributed by atoms with van der Waals surface area (Å²) < 4.78 is 64.5. The topological polar surface area (TPSA) is 116 Å². The van der Waals surface area contributed by atoms with Crippen molar-refractivity contribution in [2.75, 3.05) is 39.4 Å². The standard InChI is InChI=1S/C16H21F2NO3.C15H17F2NO3.C4H9O.K/c1-3-22-15(21)9-10-19(12-16(17,18)13(2)20)11-14-7-5-4-6-8-14;1-2-21-14(20)12-9-18(10-15(16,17)13(12)19)8-11-6-4-3-5-7-11;1-4(2,3)5;/h4-8H,3,9-12H2,1-2H3;3-7,12H,2,8-10H2,1H3;1-3H3;/q;;-1;+1. The monoisotopic (exact) mass is 722 g/mol. The Labute approximate surface area is 329 Å². The predicted molar refractivity (Wildman–Crippen MR) is 170 cm³/mol. The number of halogens is 4. The number of piperidine rings is 1. The molecule has 0 bridgehead atoms. The first-order valence-corrected chi connectivity index (χ1v) is 15.6. The Morgan fingerprint density at radius 3 is 1.90 bits per heavy atom. The molecule has 0 aromatic heterocycles. The summed E-state index contributed by atoms with van der Waals surface area (Å²) in [6.45, 7) is 8.52. The molecule has 2 aromatic rings. The number of ether oxygens (including phenoxy) is 2. The number of esters is 2. The fourth-order valence-corrected chi connectivity index (χ4v) is 4.34. The first-order valence-electron chi connectivity index (χ1n) is 15.6. The zero-order valence-electron chi connectivity index (χ0n) is 29.5. The van der Waals surface area contributed by atoms with E-state index < -0.39 is 60.0 Å². The van der Waals surface area contributed by atoms with Crippen molar-refractivity contribution in [1.29, 1.82) is 0 Å². The number of carbonyl (C=O) groups excluding carboxylic acids is 4. The van der Waals surface area contributed by atoms with Gasteiger partial charge in [-0.3, -0.25) is 29.0 Å². The Morgan fingerprint density at radius 2 is 1.43 bits per heavy atom. The SMILES string of the molecule is CC(C)(C)[O-].CCOC(=O)C1CN(Cc2ccccc2)CC(F)(F)C1=O.CCOC(=O)CCN(Cc1ccccc1)CC(F)(F)C(C)=O.[K+]. The van der Waals surface area contributed by atoms with Gasteiger partial charge in [0.05, 0.1) is 32.7 Å². The van der Waals surface area contributed by atoms with Gasteiger partial charge in [0.2, 0.25) is 5.78 Å². The van der Waals surface area contributed by atoms with Crippen LogP contribution in [-0.4, -0.2) is 90.1 Å². The molecule has 0 amide bonds. The van der Waals surface area contributed by atoms with E-state index in [0.29, 0.717) is 0 Å². The van der Waals surface area contributed by atoms with Crippen molar-refractivity contribution in [2.45, 2.75) is 78.5 Å². The van der Waals surface area contributed by atoms with Crippen molar-refractivity contribution in [3.63, 3.8) is 0 Å². The fraction of sp³-hybridized carbons (Fsp3) is 0.543. The van der Waals surface area contributed by atoms with E-state index in [1.165, 1.54) is 9.80 Å². The first-order chi connectivity index (χ1) is 22.3. The normalized spacial score (nSPS) is 15.8. The quantitative estimate of drug-likeness (QED) is 0.132. The fourth-order valence-electron chi connectivity index (χ4n) is 4.34. The van der Waals surface area contributed by atoms with Gasteiger partial charge in [-0.1, -0.05) is 81.4 Å². The van der Waals surface area contributed by atoms with Crippen LogP contribution in [-0.2, 0) is 41.7 Å². The Kier molecular flexibility index (Phi) is 21.8. The molecule has 1 heterocycles. The molecule has 1 aliphatic heterocycles. The van der Waals surface area contributed by atoms with Gasteiger partial charge < -0.3 is 14.6 Å². The predicted octanol–water partition coefficient (Wildman–Crippen LogP) is 1.70. The molecule has 1 atom stereocenters. The van der Waals surface area contributed by atoms with E-state index in [0.717, 1.165) is 18.1 Å². The Bertz CT molecular complexity index is 1290. The molecule has 0 aliphatic carbocycles. The van der Waals surface area contributed by atoms with Crippen LogP contribution in [0.1, 0.15) is 59.1 Å². The van der Waals surface area contributed by atoms with Crippen molar-refractivity contribution in [1.82, 2.24) is 9.80 Å². The second-order valence-corrected chi connectivity index (χ2v) is 12.2. The number of ketones is 2. The van der Waals surface area contributed by atoms with E-state index in [4.69, 9.17) is 9.47 Å². The molecule has 268 valence electrons. The molecule has 2 aromatic carbocycles. The molecule has 0 spiro atoms. The summed E-state index contributed by atoms with van der Waals surface area (Å²) in [4.78, 5) is 48.6. The third kappa shape index (κ3) is 19.8. The second-order valence-electron chi connectivity index (χ2n) is 12.2. The molecule has 49 heavy (non-hydrogen) atoms. The smallest absolute Gasteiger partial charge is 0.850 e. The van der Waals surface area contributed by atoms with Crippen LogP contribution in [0.5, 0.6) is 0 Å². The van der Waals surface area contributed by atoms with E-state index in [2.05, 4.69) is 0 Å². The van der Waals surface area contributed by atoms with Gasteiger partial charge in [-0.25, -0.2) is 0 Å². The number of Topliss-reactive ketones (excluding diaryl/α,β-unsaturated/α-hetero) is 2. The summed E-state index contributed by atoms with van der Waals surface area (Å²) >= 11 is 0. The zero-order valence-corrected chi connectivity index (χ0v) is 32.6. The van der Waals surface area contributed by atoms with E-state index in [1.807, 2.05) is 60.7 Å². The van der Waals surface area contributed by atoms with E-state index in [9.17, 15) is 41.8 Å². The number of carbonyl (C=O) groups is 4. The molecule has 1 fully saturated rings. The molecule has 1 unspecified atom stereocenters. The molecule has 0 saturated carbocycles. The Balaban J connectivity index is 0.000000812. The van der Waals surface area contributed by atoms with Crippen molar-refractivity contribution in [3.8, 4) is 0 Å². The van der Waals surface area contributed by atoms with Crippen LogP contribution >= 0.6 is 0 Å².